The van der Waals surface area contributed by atoms with Gasteiger partial charge in [-0.2, -0.15) is 0 Å². The summed E-state index contributed by atoms with van der Waals surface area (Å²) >= 11 is 0. The average molecular weight is 150 g/mol. The molecule has 1 nitrogen and oxygen atoms in total. The van der Waals surface area contributed by atoms with Crippen LogP contribution in [0.15, 0.2) is 24.3 Å². The third-order valence-electron chi connectivity index (χ3n) is 2.19. The van der Waals surface area contributed by atoms with Crippen LogP contribution >= 0.6 is 0 Å². The number of hydrogen-bond donors (Lipinski definition) is 0. The van der Waals surface area contributed by atoms with Gasteiger partial charge in [-0.15, -0.1) is 0 Å². The first-order valence-corrected chi connectivity index (χ1v) is 4.11. The van der Waals surface area contributed by atoms with Crippen LogP contribution in [0.1, 0.15) is 20.3 Å². The van der Waals surface area contributed by atoms with Crippen LogP contribution in [0.4, 0.5) is 0 Å². The molecule has 1 heteroatoms. The Balaban J connectivity index is 2.70. The predicted molar refractivity (Wildman–Crippen MR) is 46.2 cm³/mol. The molecule has 1 aliphatic rings. The van der Waals surface area contributed by atoms with E-state index in [1.165, 1.54) is 0 Å². The van der Waals surface area contributed by atoms with Crippen LogP contribution in [0.2, 0.25) is 0 Å². The van der Waals surface area contributed by atoms with Gasteiger partial charge in [-0.25, -0.2) is 0 Å². The standard InChI is InChI=1S/C10H14O/c1-3-9-6-4-5-7-10(9)8(2)11/h4-7,9-10H,3H2,1-2H3. The van der Waals surface area contributed by atoms with Crippen molar-refractivity contribution in [3.63, 3.8) is 0 Å². The summed E-state index contributed by atoms with van der Waals surface area (Å²) in [5.74, 6) is 0.833. The van der Waals surface area contributed by atoms with Gasteiger partial charge in [-0.1, -0.05) is 31.2 Å². The second-order valence-corrected chi connectivity index (χ2v) is 2.98. The Bertz CT molecular complexity index is 201. The van der Waals surface area contributed by atoms with Crippen LogP contribution in [-0.2, 0) is 4.79 Å². The molecule has 0 bridgehead atoms. The maximum absolute atomic E-state index is 11.1. The lowest BCUT2D eigenvalue weighted by molar-refractivity contribution is -0.120. The van der Waals surface area contributed by atoms with Crippen molar-refractivity contribution < 1.29 is 4.79 Å². The second-order valence-electron chi connectivity index (χ2n) is 2.98. The summed E-state index contributed by atoms with van der Waals surface area (Å²) in [5, 5.41) is 0. The number of allylic oxidation sites excluding steroid dienone is 4. The smallest absolute Gasteiger partial charge is 0.137 e. The zero-order valence-electron chi connectivity index (χ0n) is 7.08. The molecule has 60 valence electrons. The van der Waals surface area contributed by atoms with Crippen molar-refractivity contribution in [1.82, 2.24) is 0 Å². The van der Waals surface area contributed by atoms with Crippen LogP contribution < -0.4 is 0 Å². The van der Waals surface area contributed by atoms with E-state index in [1.54, 1.807) is 6.92 Å². The lowest BCUT2D eigenvalue weighted by Crippen LogP contribution is -2.19. The highest BCUT2D eigenvalue weighted by atomic mass is 16.1. The fraction of sp³-hybridized carbons (Fsp3) is 0.500. The van der Waals surface area contributed by atoms with Crippen LogP contribution in [0.25, 0.3) is 0 Å². The zero-order chi connectivity index (χ0) is 8.27. The van der Waals surface area contributed by atoms with Crippen molar-refractivity contribution in [2.75, 3.05) is 0 Å². The van der Waals surface area contributed by atoms with E-state index in [0.717, 1.165) is 6.42 Å². The Morgan fingerprint density at radius 1 is 1.36 bits per heavy atom. The Morgan fingerprint density at radius 3 is 2.45 bits per heavy atom. The molecule has 0 aromatic heterocycles. The minimum atomic E-state index is 0.130. The van der Waals surface area contributed by atoms with Gasteiger partial charge in [-0.05, 0) is 19.3 Å². The molecule has 2 atom stereocenters. The SMILES string of the molecule is CCC1C=CC=CC1C(C)=O. The third-order valence-corrected chi connectivity index (χ3v) is 2.19. The number of hydrogen-bond acceptors (Lipinski definition) is 1. The van der Waals surface area contributed by atoms with Crippen molar-refractivity contribution in [2.45, 2.75) is 20.3 Å². The first-order valence-electron chi connectivity index (χ1n) is 4.11. The minimum absolute atomic E-state index is 0.130. The van der Waals surface area contributed by atoms with E-state index in [9.17, 15) is 4.79 Å². The highest BCUT2D eigenvalue weighted by Gasteiger charge is 2.20. The lowest BCUT2D eigenvalue weighted by atomic mass is 9.84. The predicted octanol–water partition coefficient (Wildman–Crippen LogP) is 2.34. The number of carbonyl (C=O) groups excluding carboxylic acids is 1. The van der Waals surface area contributed by atoms with E-state index in [4.69, 9.17) is 0 Å². The molecule has 1 rings (SSSR count). The molecule has 0 heterocycles. The maximum atomic E-state index is 11.1. The summed E-state index contributed by atoms with van der Waals surface area (Å²) in [7, 11) is 0. The summed E-state index contributed by atoms with van der Waals surface area (Å²) in [5.41, 5.74) is 0. The van der Waals surface area contributed by atoms with Crippen LogP contribution in [0, 0.1) is 11.8 Å². The molecular weight excluding hydrogens is 136 g/mol. The van der Waals surface area contributed by atoms with Crippen molar-refractivity contribution >= 4 is 5.78 Å². The molecule has 0 saturated heterocycles. The molecule has 1 aliphatic carbocycles. The monoisotopic (exact) mass is 150 g/mol. The first kappa shape index (κ1) is 8.25. The van der Waals surface area contributed by atoms with Gasteiger partial charge in [0.05, 0.1) is 0 Å². The zero-order valence-corrected chi connectivity index (χ0v) is 7.08. The summed E-state index contributed by atoms with van der Waals surface area (Å²) in [6, 6.07) is 0. The van der Waals surface area contributed by atoms with Crippen molar-refractivity contribution in [3.05, 3.63) is 24.3 Å². The van der Waals surface area contributed by atoms with Crippen LogP contribution in [0.3, 0.4) is 0 Å². The van der Waals surface area contributed by atoms with Crippen LogP contribution in [0.5, 0.6) is 0 Å². The number of carbonyl (C=O) groups is 1. The van der Waals surface area contributed by atoms with Crippen molar-refractivity contribution in [1.29, 1.82) is 0 Å². The van der Waals surface area contributed by atoms with Gasteiger partial charge in [0.25, 0.3) is 0 Å². The molecule has 2 unspecified atom stereocenters. The van der Waals surface area contributed by atoms with E-state index >= 15 is 0 Å². The Hall–Kier alpha value is -0.850. The topological polar surface area (TPSA) is 17.1 Å². The van der Waals surface area contributed by atoms with Gasteiger partial charge in [0.1, 0.15) is 5.78 Å². The molecule has 0 radical (unpaired) electrons. The first-order chi connectivity index (χ1) is 5.25. The minimum Gasteiger partial charge on any atom is -0.299 e. The van der Waals surface area contributed by atoms with E-state index < -0.39 is 0 Å². The van der Waals surface area contributed by atoms with Gasteiger partial charge in [0, 0.05) is 5.92 Å². The number of ketones is 1. The van der Waals surface area contributed by atoms with Gasteiger partial charge < -0.3 is 0 Å². The molecule has 0 fully saturated rings. The third kappa shape index (κ3) is 1.79. The molecule has 0 aromatic rings. The van der Waals surface area contributed by atoms with Crippen LogP contribution in [-0.4, -0.2) is 5.78 Å². The molecule has 0 spiro atoms. The molecule has 0 aliphatic heterocycles. The van der Waals surface area contributed by atoms with E-state index in [2.05, 4.69) is 13.0 Å². The molecule has 11 heavy (non-hydrogen) atoms. The van der Waals surface area contributed by atoms with Crippen molar-refractivity contribution in [2.24, 2.45) is 11.8 Å². The number of rotatable bonds is 2. The maximum Gasteiger partial charge on any atom is 0.137 e. The van der Waals surface area contributed by atoms with Gasteiger partial charge >= 0.3 is 0 Å². The van der Waals surface area contributed by atoms with Gasteiger partial charge in [0.15, 0.2) is 0 Å². The molecule has 0 aromatic carbocycles. The van der Waals surface area contributed by atoms with E-state index in [1.807, 2.05) is 18.2 Å². The van der Waals surface area contributed by atoms with E-state index in [0.29, 0.717) is 5.92 Å². The highest BCUT2D eigenvalue weighted by Crippen LogP contribution is 2.22. The molecule has 0 N–H and O–H groups in total. The normalized spacial score (nSPS) is 28.9. The fourth-order valence-electron chi connectivity index (χ4n) is 1.48. The Morgan fingerprint density at radius 2 is 2.00 bits per heavy atom. The lowest BCUT2D eigenvalue weighted by Gasteiger charge is -2.19. The van der Waals surface area contributed by atoms with Gasteiger partial charge in [0.2, 0.25) is 0 Å². The summed E-state index contributed by atoms with van der Waals surface area (Å²) < 4.78 is 0. The number of Topliss-reactive ketones (excluding diaryl/α,β-unsaturated/α-hetero) is 1. The fourth-order valence-corrected chi connectivity index (χ4v) is 1.48. The molecule has 0 amide bonds. The summed E-state index contributed by atoms with van der Waals surface area (Å²) in [6.07, 6.45) is 9.14. The highest BCUT2D eigenvalue weighted by molar-refractivity contribution is 5.81. The second kappa shape index (κ2) is 3.51. The summed E-state index contributed by atoms with van der Waals surface area (Å²) in [6.45, 7) is 3.78. The molecule has 0 saturated carbocycles. The average Bonchev–Trinajstić information content (AvgIpc) is 2.04. The Labute approximate surface area is 67.8 Å². The van der Waals surface area contributed by atoms with E-state index in [-0.39, 0.29) is 11.7 Å². The summed E-state index contributed by atoms with van der Waals surface area (Å²) in [4.78, 5) is 11.1. The quantitative estimate of drug-likeness (QED) is 0.590. The largest absolute Gasteiger partial charge is 0.299 e. The van der Waals surface area contributed by atoms with Gasteiger partial charge in [-0.3, -0.25) is 4.79 Å². The van der Waals surface area contributed by atoms with Crippen molar-refractivity contribution in [3.8, 4) is 0 Å². The Kier molecular flexibility index (Phi) is 2.64. The molecular formula is C10H14O.